The van der Waals surface area contributed by atoms with Gasteiger partial charge < -0.3 is 15.4 Å². The molecule has 0 atom stereocenters. The van der Waals surface area contributed by atoms with Crippen molar-refractivity contribution in [1.29, 1.82) is 0 Å². The number of hydrogen-bond donors (Lipinski definition) is 2. The number of nitrogens with one attached hydrogen (secondary N) is 1. The largest absolute Gasteiger partial charge is 0.493 e. The van der Waals surface area contributed by atoms with E-state index >= 15 is 0 Å². The number of carbonyl (C=O) groups is 2. The van der Waals surface area contributed by atoms with Crippen LogP contribution in [0.3, 0.4) is 0 Å². The number of rotatable bonds is 10. The van der Waals surface area contributed by atoms with Crippen LogP contribution in [0.1, 0.15) is 36.2 Å². The number of hydrogen-bond acceptors (Lipinski definition) is 4. The zero-order chi connectivity index (χ0) is 21.9. The molecule has 0 saturated heterocycles. The topological polar surface area (TPSA) is 84.7 Å². The molecule has 30 heavy (non-hydrogen) atoms. The molecule has 0 unspecified atom stereocenters. The van der Waals surface area contributed by atoms with Crippen molar-refractivity contribution in [2.75, 3.05) is 19.7 Å². The van der Waals surface area contributed by atoms with Gasteiger partial charge in [-0.2, -0.15) is 0 Å². The third kappa shape index (κ3) is 8.21. The Bertz CT molecular complexity index is 839. The molecule has 2 rings (SSSR count). The molecule has 0 aliphatic carbocycles. The first kappa shape index (κ1) is 23.3. The predicted molar refractivity (Wildman–Crippen MR) is 122 cm³/mol. The minimum atomic E-state index is -0.411. The Kier molecular flexibility index (Phi) is 9.28. The summed E-state index contributed by atoms with van der Waals surface area (Å²) in [7, 11) is 0. The molecule has 0 saturated carbocycles. The maximum atomic E-state index is 12.6. The van der Waals surface area contributed by atoms with Gasteiger partial charge in [0.2, 0.25) is 5.91 Å². The third-order valence-corrected chi connectivity index (χ3v) is 4.71. The Morgan fingerprint density at radius 3 is 2.33 bits per heavy atom. The summed E-state index contributed by atoms with van der Waals surface area (Å²) in [5, 5.41) is 3.03. The maximum absolute atomic E-state index is 12.6. The summed E-state index contributed by atoms with van der Waals surface area (Å²) < 4.78 is 5.64. The van der Waals surface area contributed by atoms with Crippen LogP contribution in [0.25, 0.3) is 0 Å². The molecule has 0 heterocycles. The van der Waals surface area contributed by atoms with E-state index in [0.717, 1.165) is 12.0 Å². The lowest BCUT2D eigenvalue weighted by atomic mass is 10.1. The molecule has 0 aliphatic rings. The fourth-order valence-electron chi connectivity index (χ4n) is 2.68. The monoisotopic (exact) mass is 427 g/mol. The van der Waals surface area contributed by atoms with Gasteiger partial charge in [0.1, 0.15) is 5.75 Å². The molecule has 0 spiro atoms. The van der Waals surface area contributed by atoms with Crippen molar-refractivity contribution < 1.29 is 14.3 Å². The van der Waals surface area contributed by atoms with Crippen LogP contribution < -0.4 is 15.8 Å². The van der Waals surface area contributed by atoms with Crippen LogP contribution in [0.2, 0.25) is 0 Å². The lowest BCUT2D eigenvalue weighted by Gasteiger charge is -2.25. The highest BCUT2D eigenvalue weighted by Crippen LogP contribution is 2.13. The van der Waals surface area contributed by atoms with Crippen molar-refractivity contribution in [2.24, 2.45) is 11.7 Å². The minimum absolute atomic E-state index is 0.159. The number of ether oxygens (including phenoxy) is 1. The third-order valence-electron chi connectivity index (χ3n) is 4.35. The molecule has 160 valence electrons. The molecule has 7 heteroatoms. The quantitative estimate of drug-likeness (QED) is 0.569. The van der Waals surface area contributed by atoms with E-state index in [2.05, 4.69) is 19.2 Å². The van der Waals surface area contributed by atoms with Crippen LogP contribution in [0, 0.1) is 5.92 Å². The first-order chi connectivity index (χ1) is 14.3. The summed E-state index contributed by atoms with van der Waals surface area (Å²) in [5.74, 6) is 0.423. The summed E-state index contributed by atoms with van der Waals surface area (Å²) in [6.45, 7) is 5.68. The lowest BCUT2D eigenvalue weighted by molar-refractivity contribution is -0.118. The van der Waals surface area contributed by atoms with Gasteiger partial charge >= 0.3 is 0 Å². The summed E-state index contributed by atoms with van der Waals surface area (Å²) in [5.41, 5.74) is 6.91. The average Bonchev–Trinajstić information content (AvgIpc) is 2.73. The van der Waals surface area contributed by atoms with Gasteiger partial charge in [-0.15, -0.1) is 0 Å². The highest BCUT2D eigenvalue weighted by molar-refractivity contribution is 7.80. The van der Waals surface area contributed by atoms with E-state index in [1.165, 1.54) is 0 Å². The van der Waals surface area contributed by atoms with Crippen molar-refractivity contribution in [3.05, 3.63) is 65.7 Å². The van der Waals surface area contributed by atoms with E-state index < -0.39 is 5.91 Å². The molecule has 3 N–H and O–H groups in total. The van der Waals surface area contributed by atoms with Crippen LogP contribution in [0.15, 0.2) is 54.6 Å². The SMILES string of the molecule is CC(C)COc1ccc(C(=O)NC(=S)N(CCC(N)=O)CCc2ccccc2)cc1. The summed E-state index contributed by atoms with van der Waals surface area (Å²) in [6.07, 6.45) is 0.893. The van der Waals surface area contributed by atoms with Gasteiger partial charge in [-0.1, -0.05) is 44.2 Å². The number of carbonyl (C=O) groups excluding carboxylic acids is 2. The Morgan fingerprint density at radius 1 is 1.07 bits per heavy atom. The summed E-state index contributed by atoms with van der Waals surface area (Å²) >= 11 is 5.43. The first-order valence-corrected chi connectivity index (χ1v) is 10.4. The Hall–Kier alpha value is -2.93. The van der Waals surface area contributed by atoms with Gasteiger partial charge in [-0.25, -0.2) is 0 Å². The molecular formula is C23H29N3O3S. The van der Waals surface area contributed by atoms with Crippen LogP contribution in [-0.2, 0) is 11.2 Å². The Labute approximate surface area is 183 Å². The Morgan fingerprint density at radius 2 is 1.73 bits per heavy atom. The normalized spacial score (nSPS) is 10.5. The summed E-state index contributed by atoms with van der Waals surface area (Å²) in [4.78, 5) is 25.6. The Balaban J connectivity index is 1.96. The van der Waals surface area contributed by atoms with Crippen molar-refractivity contribution >= 4 is 29.1 Å². The molecule has 0 aliphatic heterocycles. The summed E-state index contributed by atoms with van der Waals surface area (Å²) in [6, 6.07) is 16.9. The van der Waals surface area contributed by atoms with E-state index in [1.807, 2.05) is 30.3 Å². The van der Waals surface area contributed by atoms with E-state index in [1.54, 1.807) is 29.2 Å². The molecule has 0 fully saturated rings. The number of thiocarbonyl (C=S) groups is 1. The molecule has 2 aromatic carbocycles. The van der Waals surface area contributed by atoms with Gasteiger partial charge in [0.25, 0.3) is 5.91 Å². The van der Waals surface area contributed by atoms with E-state index in [0.29, 0.717) is 36.9 Å². The number of primary amides is 1. The fraction of sp³-hybridized carbons (Fsp3) is 0.348. The van der Waals surface area contributed by atoms with Gasteiger partial charge in [0.15, 0.2) is 5.11 Å². The number of benzene rings is 2. The molecule has 6 nitrogen and oxygen atoms in total. The maximum Gasteiger partial charge on any atom is 0.257 e. The van der Waals surface area contributed by atoms with Crippen LogP contribution >= 0.6 is 12.2 Å². The van der Waals surface area contributed by atoms with Crippen LogP contribution in [0.4, 0.5) is 0 Å². The molecule has 2 amide bonds. The fourth-order valence-corrected chi connectivity index (χ4v) is 2.96. The molecular weight excluding hydrogens is 398 g/mol. The van der Waals surface area contributed by atoms with Crippen molar-refractivity contribution in [1.82, 2.24) is 10.2 Å². The molecule has 0 aromatic heterocycles. The van der Waals surface area contributed by atoms with Crippen molar-refractivity contribution in [3.8, 4) is 5.75 Å². The van der Waals surface area contributed by atoms with Crippen molar-refractivity contribution in [2.45, 2.75) is 26.7 Å². The van der Waals surface area contributed by atoms with Gasteiger partial charge in [-0.05, 0) is 54.4 Å². The van der Waals surface area contributed by atoms with E-state index in [-0.39, 0.29) is 17.4 Å². The average molecular weight is 428 g/mol. The molecule has 0 radical (unpaired) electrons. The zero-order valence-electron chi connectivity index (χ0n) is 17.5. The van der Waals surface area contributed by atoms with E-state index in [4.69, 9.17) is 22.7 Å². The van der Waals surface area contributed by atoms with E-state index in [9.17, 15) is 9.59 Å². The highest BCUT2D eigenvalue weighted by Gasteiger charge is 2.15. The number of amides is 2. The second-order valence-corrected chi connectivity index (χ2v) is 7.81. The molecule has 2 aromatic rings. The second-order valence-electron chi connectivity index (χ2n) is 7.43. The van der Waals surface area contributed by atoms with Gasteiger partial charge in [0.05, 0.1) is 6.61 Å². The standard InChI is InChI=1S/C23H29N3O3S/c1-17(2)16-29-20-10-8-19(9-11-20)22(28)25-23(30)26(15-13-21(24)27)14-12-18-6-4-3-5-7-18/h3-11,17H,12-16H2,1-2H3,(H2,24,27)(H,25,28,30). The first-order valence-electron chi connectivity index (χ1n) is 10.0. The highest BCUT2D eigenvalue weighted by atomic mass is 32.1. The minimum Gasteiger partial charge on any atom is -0.493 e. The second kappa shape index (κ2) is 11.9. The number of nitrogens with zero attached hydrogens (tertiary/aromatic N) is 1. The van der Waals surface area contributed by atoms with Crippen LogP contribution in [-0.4, -0.2) is 41.5 Å². The predicted octanol–water partition coefficient (Wildman–Crippen LogP) is 3.16. The zero-order valence-corrected chi connectivity index (χ0v) is 18.3. The van der Waals surface area contributed by atoms with Gasteiger partial charge in [0, 0.05) is 25.1 Å². The van der Waals surface area contributed by atoms with Crippen LogP contribution in [0.5, 0.6) is 5.75 Å². The number of nitrogens with two attached hydrogens (primary N) is 1. The van der Waals surface area contributed by atoms with Gasteiger partial charge in [-0.3, -0.25) is 14.9 Å². The van der Waals surface area contributed by atoms with Crippen molar-refractivity contribution in [3.63, 3.8) is 0 Å². The molecule has 0 bridgehead atoms. The lowest BCUT2D eigenvalue weighted by Crippen LogP contribution is -2.44. The smallest absolute Gasteiger partial charge is 0.257 e.